The van der Waals surface area contributed by atoms with Gasteiger partial charge in [-0.1, -0.05) is 109 Å². The molecule has 6 nitrogen and oxygen atoms in total. The zero-order valence-corrected chi connectivity index (χ0v) is 42.9. The highest BCUT2D eigenvalue weighted by atomic mass is 19.4. The van der Waals surface area contributed by atoms with Gasteiger partial charge in [0.25, 0.3) is 0 Å². The molecule has 0 unspecified atom stereocenters. The van der Waals surface area contributed by atoms with E-state index < -0.39 is 23.5 Å². The summed E-state index contributed by atoms with van der Waals surface area (Å²) in [4.78, 5) is 11.0. The molecule has 0 aromatic heterocycles. The summed E-state index contributed by atoms with van der Waals surface area (Å²) >= 11 is 0. The van der Waals surface area contributed by atoms with E-state index in [0.29, 0.717) is 56.6 Å². The molecule has 390 valence electrons. The fourth-order valence-corrected chi connectivity index (χ4v) is 10.7. The molecule has 0 aliphatic carbocycles. The summed E-state index contributed by atoms with van der Waals surface area (Å²) in [7, 11) is 0. The van der Waals surface area contributed by atoms with Crippen molar-refractivity contribution in [2.45, 2.75) is 12.4 Å². The van der Waals surface area contributed by atoms with Crippen LogP contribution in [0.3, 0.4) is 0 Å². The van der Waals surface area contributed by atoms with E-state index in [0.717, 1.165) is 101 Å². The second-order valence-corrected chi connectivity index (χ2v) is 19.6. The van der Waals surface area contributed by atoms with E-state index in [2.05, 4.69) is 21.8 Å². The SMILES string of the molecule is [C-]#[N+]c1ccc(-c2cc(-c3ccc(C#N)cc3)cc(N(c3ccc(C(F)(F)F)cc3)c3ccc4ccc5c(N(c6ccc(C(F)(F)F)cc6)c6cc(-c7ccc(C#N)cc7)cc(-c7ccc([N+]#[C-])cc7)c6)ccc6ccc3c4c65)c2)cc1. The van der Waals surface area contributed by atoms with Gasteiger partial charge in [-0.25, -0.2) is 9.69 Å². The smallest absolute Gasteiger partial charge is 0.310 e. The molecule has 0 saturated carbocycles. The highest BCUT2D eigenvalue weighted by molar-refractivity contribution is 6.28. The zero-order valence-electron chi connectivity index (χ0n) is 42.9. The van der Waals surface area contributed by atoms with E-state index in [-0.39, 0.29) is 0 Å². The van der Waals surface area contributed by atoms with Gasteiger partial charge in [0.05, 0.1) is 58.9 Å². The first-order valence-electron chi connectivity index (χ1n) is 25.6. The van der Waals surface area contributed by atoms with Gasteiger partial charge in [0.2, 0.25) is 0 Å². The Labute approximate surface area is 467 Å². The topological polar surface area (TPSA) is 62.8 Å². The predicted octanol–water partition coefficient (Wildman–Crippen LogP) is 21.1. The Morgan fingerprint density at radius 1 is 0.329 bits per heavy atom. The average Bonchev–Trinajstić information content (AvgIpc) is 2.13. The number of halogens is 6. The van der Waals surface area contributed by atoms with Crippen LogP contribution in [0.5, 0.6) is 0 Å². The Balaban J connectivity index is 1.11. The Kier molecular flexibility index (Phi) is 12.9. The van der Waals surface area contributed by atoms with Crippen LogP contribution in [0.25, 0.3) is 86.5 Å². The van der Waals surface area contributed by atoms with Crippen molar-refractivity contribution in [1.29, 1.82) is 10.5 Å². The Bertz CT molecular complexity index is 4150. The maximum absolute atomic E-state index is 14.3. The molecule has 0 saturated heterocycles. The first-order chi connectivity index (χ1) is 39.7. The van der Waals surface area contributed by atoms with Gasteiger partial charge in [0.1, 0.15) is 0 Å². The maximum atomic E-state index is 14.3. The van der Waals surface area contributed by atoms with Crippen molar-refractivity contribution >= 4 is 77.8 Å². The lowest BCUT2D eigenvalue weighted by atomic mass is 9.91. The molecular formula is C70H38F6N6. The Hall–Kier alpha value is -11.2. The summed E-state index contributed by atoms with van der Waals surface area (Å²) < 4.78 is 85.8. The molecule has 0 fully saturated rings. The molecule has 0 aliphatic heterocycles. The van der Waals surface area contributed by atoms with Gasteiger partial charge in [-0.2, -0.15) is 36.9 Å². The van der Waals surface area contributed by atoms with Crippen molar-refractivity contribution in [1.82, 2.24) is 0 Å². The molecule has 0 atom stereocenters. The number of nitrogens with zero attached hydrogens (tertiary/aromatic N) is 6. The summed E-state index contributed by atoms with van der Waals surface area (Å²) in [5.74, 6) is 0. The van der Waals surface area contributed by atoms with Crippen molar-refractivity contribution in [3.05, 3.63) is 276 Å². The highest BCUT2D eigenvalue weighted by Crippen LogP contribution is 2.50. The van der Waals surface area contributed by atoms with Crippen LogP contribution in [0, 0.1) is 35.8 Å². The largest absolute Gasteiger partial charge is 0.416 e. The van der Waals surface area contributed by atoms with E-state index in [1.165, 1.54) is 24.3 Å². The third kappa shape index (κ3) is 9.68. The summed E-state index contributed by atoms with van der Waals surface area (Å²) in [6, 6.07) is 70.4. The molecule has 0 spiro atoms. The predicted molar refractivity (Wildman–Crippen MR) is 313 cm³/mol. The molecule has 0 amide bonds. The molecule has 12 heteroatoms. The lowest BCUT2D eigenvalue weighted by molar-refractivity contribution is -0.138. The number of rotatable bonds is 10. The Morgan fingerprint density at radius 3 is 0.927 bits per heavy atom. The quantitative estimate of drug-likeness (QED) is 0.0778. The van der Waals surface area contributed by atoms with Crippen LogP contribution < -0.4 is 9.80 Å². The van der Waals surface area contributed by atoms with Gasteiger partial charge in [-0.15, -0.1) is 0 Å². The second-order valence-electron chi connectivity index (χ2n) is 19.6. The van der Waals surface area contributed by atoms with E-state index in [9.17, 15) is 36.9 Å². The van der Waals surface area contributed by atoms with Crippen LogP contribution >= 0.6 is 0 Å². The fraction of sp³-hybridized carbons (Fsp3) is 0.0286. The van der Waals surface area contributed by atoms with Crippen LogP contribution in [0.15, 0.2) is 231 Å². The molecule has 12 aromatic carbocycles. The van der Waals surface area contributed by atoms with Crippen LogP contribution in [0.1, 0.15) is 22.3 Å². The van der Waals surface area contributed by atoms with Crippen molar-refractivity contribution < 1.29 is 26.3 Å². The zero-order chi connectivity index (χ0) is 56.9. The monoisotopic (exact) mass is 1080 g/mol. The number of alkyl halides is 6. The van der Waals surface area contributed by atoms with Crippen molar-refractivity contribution in [2.75, 3.05) is 9.80 Å². The molecule has 0 bridgehead atoms. The number of hydrogen-bond acceptors (Lipinski definition) is 4. The van der Waals surface area contributed by atoms with Crippen molar-refractivity contribution in [3.63, 3.8) is 0 Å². The minimum Gasteiger partial charge on any atom is -0.310 e. The fourth-order valence-electron chi connectivity index (χ4n) is 10.7. The van der Waals surface area contributed by atoms with Gasteiger partial charge >= 0.3 is 12.4 Å². The van der Waals surface area contributed by atoms with E-state index >= 15 is 0 Å². The second kappa shape index (κ2) is 20.6. The minimum absolute atomic E-state index is 0.421. The first kappa shape index (κ1) is 51.6. The number of nitriles is 2. The van der Waals surface area contributed by atoms with E-state index in [4.69, 9.17) is 13.1 Å². The normalized spacial score (nSPS) is 11.5. The van der Waals surface area contributed by atoms with E-state index in [1.807, 2.05) is 143 Å². The average molecular weight is 1080 g/mol. The van der Waals surface area contributed by atoms with Crippen LogP contribution in [0.2, 0.25) is 0 Å². The van der Waals surface area contributed by atoms with Crippen LogP contribution in [-0.2, 0) is 12.4 Å². The summed E-state index contributed by atoms with van der Waals surface area (Å²) in [6.45, 7) is 15.2. The van der Waals surface area contributed by atoms with Gasteiger partial charge in [0, 0.05) is 33.5 Å². The molecule has 82 heavy (non-hydrogen) atoms. The van der Waals surface area contributed by atoms with Crippen molar-refractivity contribution in [3.8, 4) is 56.6 Å². The first-order valence-corrected chi connectivity index (χ1v) is 25.6. The lowest BCUT2D eigenvalue weighted by Gasteiger charge is -2.30. The third-order valence-corrected chi connectivity index (χ3v) is 14.7. The molecule has 0 heterocycles. The maximum Gasteiger partial charge on any atom is 0.416 e. The molecule has 0 radical (unpaired) electrons. The third-order valence-electron chi connectivity index (χ3n) is 14.7. The number of anilines is 6. The van der Waals surface area contributed by atoms with Gasteiger partial charge in [-0.05, 0) is 187 Å². The van der Waals surface area contributed by atoms with Crippen LogP contribution in [-0.4, -0.2) is 0 Å². The van der Waals surface area contributed by atoms with Crippen LogP contribution in [0.4, 0.5) is 71.8 Å². The number of benzene rings is 12. The van der Waals surface area contributed by atoms with E-state index in [1.54, 1.807) is 48.5 Å². The molecular weight excluding hydrogens is 1040 g/mol. The summed E-state index contributed by atoms with van der Waals surface area (Å²) in [6.07, 6.45) is -9.22. The molecule has 0 aliphatic rings. The summed E-state index contributed by atoms with van der Waals surface area (Å²) in [5, 5.41) is 24.2. The molecule has 12 aromatic rings. The number of hydrogen-bond donors (Lipinski definition) is 0. The highest BCUT2D eigenvalue weighted by Gasteiger charge is 2.32. The molecule has 0 N–H and O–H groups in total. The minimum atomic E-state index is -4.61. The van der Waals surface area contributed by atoms with Gasteiger partial charge in [0.15, 0.2) is 11.4 Å². The van der Waals surface area contributed by atoms with Gasteiger partial charge in [-0.3, -0.25) is 0 Å². The summed E-state index contributed by atoms with van der Waals surface area (Å²) in [5.41, 5.74) is 9.59. The lowest BCUT2D eigenvalue weighted by Crippen LogP contribution is -2.13. The van der Waals surface area contributed by atoms with Crippen molar-refractivity contribution in [2.24, 2.45) is 0 Å². The Morgan fingerprint density at radius 2 is 0.634 bits per heavy atom. The van der Waals surface area contributed by atoms with Gasteiger partial charge < -0.3 is 9.80 Å². The molecule has 12 rings (SSSR count). The standard InChI is InChI=1S/C70H38F6N6/c1-79-57-23-11-47(12-24-57)53-35-51(45-7-3-43(41-77)4-8-45)37-61(39-53)81(59-27-19-55(20-28-59)69(71,72)73)65-33-17-49-16-32-64-66(34-18-50-15-31-63(65)67(49)68(50)64)82(60-29-21-56(22-30-60)70(74,75)76)62-38-52(46-9-5-44(42-78)6-10-46)36-54(40-62)48-13-25-58(80-2)26-14-48/h3-40H.